The van der Waals surface area contributed by atoms with Crippen molar-refractivity contribution in [1.29, 1.82) is 0 Å². The number of hydrogen-bond donors (Lipinski definition) is 3. The Bertz CT molecular complexity index is 1310. The zero-order chi connectivity index (χ0) is 21.5. The van der Waals surface area contributed by atoms with Gasteiger partial charge in [-0.15, -0.1) is 0 Å². The molecule has 6 heteroatoms. The molecule has 4 aromatic rings. The third-order valence-electron chi connectivity index (χ3n) is 5.80. The topological polar surface area (TPSA) is 95.4 Å². The number of phenols is 1. The lowest BCUT2D eigenvalue weighted by Gasteiger charge is -2.10. The van der Waals surface area contributed by atoms with E-state index in [2.05, 4.69) is 10.2 Å². The fourth-order valence-corrected chi connectivity index (χ4v) is 4.23. The van der Waals surface area contributed by atoms with Crippen LogP contribution in [0, 0.1) is 0 Å². The molecule has 0 aliphatic heterocycles. The van der Waals surface area contributed by atoms with Gasteiger partial charge in [-0.3, -0.25) is 9.89 Å². The smallest absolute Gasteiger partial charge is 0.161 e. The summed E-state index contributed by atoms with van der Waals surface area (Å²) < 4.78 is 5.19. The van der Waals surface area contributed by atoms with Gasteiger partial charge in [0.1, 0.15) is 0 Å². The molecule has 0 unspecified atom stereocenters. The predicted octanol–water partition coefficient (Wildman–Crippen LogP) is 4.33. The maximum atomic E-state index is 11.5. The van der Waals surface area contributed by atoms with Crippen molar-refractivity contribution >= 4 is 6.29 Å². The first-order valence-electron chi connectivity index (χ1n) is 9.90. The molecule has 0 spiro atoms. The maximum absolute atomic E-state index is 11.5. The van der Waals surface area contributed by atoms with Crippen molar-refractivity contribution in [3.8, 4) is 45.1 Å². The van der Waals surface area contributed by atoms with E-state index in [1.165, 1.54) is 18.7 Å². The average Bonchev–Trinajstić information content (AvgIpc) is 3.37. The molecule has 0 saturated carbocycles. The van der Waals surface area contributed by atoms with E-state index in [0.29, 0.717) is 16.9 Å². The highest BCUT2D eigenvalue weighted by Gasteiger charge is 2.25. The maximum Gasteiger partial charge on any atom is 0.161 e. The van der Waals surface area contributed by atoms with Gasteiger partial charge in [-0.05, 0) is 34.4 Å². The number of aromatic nitrogens is 2. The average molecular weight is 412 g/mol. The molecule has 0 amide bonds. The van der Waals surface area contributed by atoms with Crippen LogP contribution in [0.4, 0.5) is 0 Å². The van der Waals surface area contributed by atoms with Gasteiger partial charge in [0.2, 0.25) is 0 Å². The fraction of sp³-hybridized carbons (Fsp3) is 0.120. The molecule has 154 valence electrons. The monoisotopic (exact) mass is 412 g/mol. The summed E-state index contributed by atoms with van der Waals surface area (Å²) in [5.41, 5.74) is 9.13. The van der Waals surface area contributed by atoms with Gasteiger partial charge >= 0.3 is 0 Å². The first-order chi connectivity index (χ1) is 15.1. The van der Waals surface area contributed by atoms with Crippen molar-refractivity contribution < 1.29 is 19.7 Å². The zero-order valence-corrected chi connectivity index (χ0v) is 16.8. The third kappa shape index (κ3) is 3.08. The van der Waals surface area contributed by atoms with Crippen LogP contribution in [0.2, 0.25) is 0 Å². The largest absolute Gasteiger partial charge is 0.504 e. The number of aldehydes is 1. The molecule has 0 atom stereocenters. The Kier molecular flexibility index (Phi) is 4.56. The van der Waals surface area contributed by atoms with Crippen LogP contribution in [0.5, 0.6) is 11.5 Å². The third-order valence-corrected chi connectivity index (χ3v) is 5.80. The summed E-state index contributed by atoms with van der Waals surface area (Å²) in [6.45, 7) is 0.0264. The summed E-state index contributed by atoms with van der Waals surface area (Å²) in [6.07, 6.45) is 1.48. The summed E-state index contributed by atoms with van der Waals surface area (Å²) in [5.74, 6) is 0.246. The molecule has 6 nitrogen and oxygen atoms in total. The summed E-state index contributed by atoms with van der Waals surface area (Å²) >= 11 is 0. The standard InChI is InChI=1S/C25H20N2O4/c1-31-23-11-20(18(13-29)10-22(23)30)15-3-5-16(6-4-15)24-21-9-17-8-14(12-28)2-7-19(17)25(21)27-26-24/h2-8,10-11,13,28,30H,9,12H2,1H3,(H,26,27). The van der Waals surface area contributed by atoms with Gasteiger partial charge in [-0.1, -0.05) is 42.5 Å². The highest BCUT2D eigenvalue weighted by atomic mass is 16.5. The van der Waals surface area contributed by atoms with E-state index in [4.69, 9.17) is 4.74 Å². The first-order valence-corrected chi connectivity index (χ1v) is 9.90. The highest BCUT2D eigenvalue weighted by Crippen LogP contribution is 2.41. The van der Waals surface area contributed by atoms with Crippen LogP contribution in [-0.4, -0.2) is 33.8 Å². The number of carbonyl (C=O) groups excluding carboxylic acids is 1. The minimum absolute atomic E-state index is 0.0264. The van der Waals surface area contributed by atoms with Gasteiger partial charge in [0.25, 0.3) is 0 Å². The van der Waals surface area contributed by atoms with Crippen LogP contribution in [0.15, 0.2) is 54.6 Å². The molecule has 31 heavy (non-hydrogen) atoms. The molecule has 1 heterocycles. The number of nitrogens with one attached hydrogen (secondary N) is 1. The molecule has 3 aromatic carbocycles. The first kappa shape index (κ1) is 19.1. The summed E-state index contributed by atoms with van der Waals surface area (Å²) in [4.78, 5) is 11.5. The van der Waals surface area contributed by atoms with Gasteiger partial charge in [0.05, 0.1) is 25.1 Å². The highest BCUT2D eigenvalue weighted by molar-refractivity contribution is 5.90. The summed E-state index contributed by atoms with van der Waals surface area (Å²) in [5, 5.41) is 27.1. The Morgan fingerprint density at radius 3 is 2.55 bits per heavy atom. The van der Waals surface area contributed by atoms with Crippen molar-refractivity contribution in [3.63, 3.8) is 0 Å². The van der Waals surface area contributed by atoms with Crippen LogP contribution in [0.1, 0.15) is 27.0 Å². The van der Waals surface area contributed by atoms with Crippen molar-refractivity contribution in [2.24, 2.45) is 0 Å². The zero-order valence-electron chi connectivity index (χ0n) is 16.8. The van der Waals surface area contributed by atoms with Gasteiger partial charge in [0.15, 0.2) is 17.8 Å². The second-order valence-electron chi connectivity index (χ2n) is 7.56. The molecule has 1 aliphatic carbocycles. The van der Waals surface area contributed by atoms with Crippen molar-refractivity contribution in [2.45, 2.75) is 13.0 Å². The van der Waals surface area contributed by atoms with Crippen molar-refractivity contribution in [1.82, 2.24) is 10.2 Å². The van der Waals surface area contributed by atoms with Gasteiger partial charge in [0, 0.05) is 28.7 Å². The number of aromatic amines is 1. The molecule has 0 bridgehead atoms. The van der Waals surface area contributed by atoms with Crippen LogP contribution in [0.3, 0.4) is 0 Å². The van der Waals surface area contributed by atoms with Crippen molar-refractivity contribution in [3.05, 3.63) is 76.9 Å². The summed E-state index contributed by atoms with van der Waals surface area (Å²) in [6, 6.07) is 16.9. The minimum atomic E-state index is -0.0685. The number of benzene rings is 3. The lowest BCUT2D eigenvalue weighted by atomic mass is 9.97. The minimum Gasteiger partial charge on any atom is -0.504 e. The van der Waals surface area contributed by atoms with E-state index in [0.717, 1.165) is 51.9 Å². The second kappa shape index (κ2) is 7.41. The lowest BCUT2D eigenvalue weighted by molar-refractivity contribution is 0.112. The number of methoxy groups -OCH3 is 1. The Labute approximate surface area is 178 Å². The van der Waals surface area contributed by atoms with E-state index in [-0.39, 0.29) is 12.4 Å². The molecule has 0 radical (unpaired) electrons. The number of ether oxygens (including phenoxy) is 1. The normalized spacial score (nSPS) is 11.8. The fourth-order valence-electron chi connectivity index (χ4n) is 4.23. The second-order valence-corrected chi connectivity index (χ2v) is 7.56. The van der Waals surface area contributed by atoms with Crippen LogP contribution in [0.25, 0.3) is 33.6 Å². The number of fused-ring (bicyclic) bond motifs is 3. The van der Waals surface area contributed by atoms with Crippen LogP contribution < -0.4 is 4.74 Å². The van der Waals surface area contributed by atoms with E-state index in [1.807, 2.05) is 42.5 Å². The Morgan fingerprint density at radius 1 is 1.06 bits per heavy atom. The van der Waals surface area contributed by atoms with Crippen molar-refractivity contribution in [2.75, 3.05) is 7.11 Å². The van der Waals surface area contributed by atoms with E-state index in [9.17, 15) is 15.0 Å². The van der Waals surface area contributed by atoms with Crippen LogP contribution in [-0.2, 0) is 13.0 Å². The Morgan fingerprint density at radius 2 is 1.84 bits per heavy atom. The number of aliphatic hydroxyl groups excluding tert-OH is 1. The molecule has 1 aliphatic rings. The summed E-state index contributed by atoms with van der Waals surface area (Å²) in [7, 11) is 1.47. The lowest BCUT2D eigenvalue weighted by Crippen LogP contribution is -1.92. The number of rotatable bonds is 5. The molecule has 3 N–H and O–H groups in total. The van der Waals surface area contributed by atoms with E-state index < -0.39 is 0 Å². The van der Waals surface area contributed by atoms with Gasteiger partial charge in [-0.25, -0.2) is 0 Å². The SMILES string of the molecule is COc1cc(-c2ccc(-c3n[nH]c4c3Cc3cc(CO)ccc3-4)cc2)c(C=O)cc1O. The number of aromatic hydroxyl groups is 1. The molecular formula is C25H20N2O4. The van der Waals surface area contributed by atoms with E-state index in [1.54, 1.807) is 6.07 Å². The molecular weight excluding hydrogens is 392 g/mol. The number of carbonyl (C=O) groups is 1. The van der Waals surface area contributed by atoms with Gasteiger partial charge < -0.3 is 14.9 Å². The Hall–Kier alpha value is -3.90. The number of H-pyrrole nitrogens is 1. The predicted molar refractivity (Wildman–Crippen MR) is 117 cm³/mol. The number of hydrogen-bond acceptors (Lipinski definition) is 5. The molecule has 5 rings (SSSR count). The number of aliphatic hydroxyl groups is 1. The molecule has 0 saturated heterocycles. The van der Waals surface area contributed by atoms with Gasteiger partial charge in [-0.2, -0.15) is 5.10 Å². The quantitative estimate of drug-likeness (QED) is 0.374. The van der Waals surface area contributed by atoms with Crippen LogP contribution >= 0.6 is 0 Å². The molecule has 0 fully saturated rings. The molecule has 1 aromatic heterocycles. The number of phenolic OH excluding ortho intramolecular Hbond substituents is 1. The number of nitrogens with zero attached hydrogens (tertiary/aromatic N) is 1. The Balaban J connectivity index is 1.51. The van der Waals surface area contributed by atoms with E-state index >= 15 is 0 Å².